The molecule has 1 nitrogen and oxygen atoms in total. The van der Waals surface area contributed by atoms with Gasteiger partial charge in [-0.2, -0.15) is 11.8 Å². The number of benzene rings is 1. The molecule has 1 aliphatic heterocycles. The zero-order chi connectivity index (χ0) is 13.0. The Morgan fingerprint density at radius 3 is 2.67 bits per heavy atom. The zero-order valence-corrected chi connectivity index (χ0v) is 12.6. The van der Waals surface area contributed by atoms with Crippen molar-refractivity contribution in [2.75, 3.05) is 11.5 Å². The second-order valence-electron chi connectivity index (χ2n) is 6.12. The van der Waals surface area contributed by atoms with Crippen molar-refractivity contribution < 1.29 is 0 Å². The lowest BCUT2D eigenvalue weighted by molar-refractivity contribution is 0.298. The van der Waals surface area contributed by atoms with Gasteiger partial charge in [0.1, 0.15) is 0 Å². The molecule has 1 fully saturated rings. The van der Waals surface area contributed by atoms with Crippen molar-refractivity contribution in [3.8, 4) is 0 Å². The van der Waals surface area contributed by atoms with Gasteiger partial charge in [-0.05, 0) is 29.6 Å². The van der Waals surface area contributed by atoms with E-state index in [1.807, 2.05) is 0 Å². The maximum atomic E-state index is 3.86. The van der Waals surface area contributed by atoms with Gasteiger partial charge in [-0.1, -0.05) is 51.1 Å². The number of hydrogen-bond acceptors (Lipinski definition) is 2. The summed E-state index contributed by atoms with van der Waals surface area (Å²) in [6, 6.07) is 12.0. The summed E-state index contributed by atoms with van der Waals surface area (Å²) >= 11 is 2.10. The van der Waals surface area contributed by atoms with Crippen LogP contribution in [0.3, 0.4) is 0 Å². The van der Waals surface area contributed by atoms with Crippen LogP contribution in [0.25, 0.3) is 0 Å². The first-order valence-electron chi connectivity index (χ1n) is 6.99. The number of hydrogen-bond donors (Lipinski definition) is 1. The highest BCUT2D eigenvalue weighted by molar-refractivity contribution is 7.99. The fraction of sp³-hybridized carbons (Fsp3) is 0.625. The minimum absolute atomic E-state index is 0.482. The molecule has 1 aromatic carbocycles. The zero-order valence-electron chi connectivity index (χ0n) is 11.8. The van der Waals surface area contributed by atoms with E-state index >= 15 is 0 Å². The van der Waals surface area contributed by atoms with E-state index in [-0.39, 0.29) is 0 Å². The van der Waals surface area contributed by atoms with Crippen molar-refractivity contribution in [2.45, 2.75) is 45.7 Å². The normalized spacial score (nSPS) is 24.7. The molecule has 0 saturated carbocycles. The number of thioether (sulfide) groups is 1. The van der Waals surface area contributed by atoms with Gasteiger partial charge in [0.2, 0.25) is 0 Å². The van der Waals surface area contributed by atoms with Gasteiger partial charge in [-0.15, -0.1) is 0 Å². The Balaban J connectivity index is 1.98. The number of nitrogens with one attached hydrogen (secondary N) is 1. The van der Waals surface area contributed by atoms with Gasteiger partial charge in [0.25, 0.3) is 0 Å². The van der Waals surface area contributed by atoms with Crippen LogP contribution in [0.15, 0.2) is 30.3 Å². The van der Waals surface area contributed by atoms with Crippen LogP contribution in [0.2, 0.25) is 0 Å². The third-order valence-corrected chi connectivity index (χ3v) is 5.28. The van der Waals surface area contributed by atoms with E-state index in [2.05, 4.69) is 68.2 Å². The molecule has 1 aromatic rings. The van der Waals surface area contributed by atoms with Gasteiger partial charge in [-0.25, -0.2) is 0 Å². The third kappa shape index (κ3) is 3.76. The lowest BCUT2D eigenvalue weighted by atomic mass is 9.87. The first-order valence-corrected chi connectivity index (χ1v) is 8.15. The fourth-order valence-electron chi connectivity index (χ4n) is 2.79. The van der Waals surface area contributed by atoms with Gasteiger partial charge in [-0.3, -0.25) is 0 Å². The third-order valence-electron chi connectivity index (χ3n) is 3.66. The molecule has 1 aliphatic rings. The smallest absolute Gasteiger partial charge is 0.0320 e. The monoisotopic (exact) mass is 263 g/mol. The summed E-state index contributed by atoms with van der Waals surface area (Å²) in [5.74, 6) is 2.56. The molecular formula is C16H25NS. The predicted molar refractivity (Wildman–Crippen MR) is 82.1 cm³/mol. The minimum atomic E-state index is 0.482. The van der Waals surface area contributed by atoms with Gasteiger partial charge in [0.05, 0.1) is 0 Å². The average Bonchev–Trinajstić information content (AvgIpc) is 2.36. The first kappa shape index (κ1) is 14.0. The summed E-state index contributed by atoms with van der Waals surface area (Å²) in [6.07, 6.45) is 2.45. The van der Waals surface area contributed by atoms with Crippen LogP contribution in [-0.4, -0.2) is 17.5 Å². The van der Waals surface area contributed by atoms with Crippen LogP contribution in [0.5, 0.6) is 0 Å². The molecule has 2 atom stereocenters. The molecule has 0 bridgehead atoms. The van der Waals surface area contributed by atoms with Gasteiger partial charge < -0.3 is 5.32 Å². The summed E-state index contributed by atoms with van der Waals surface area (Å²) in [5, 5.41) is 3.86. The summed E-state index contributed by atoms with van der Waals surface area (Å²) in [6.45, 7) is 7.04. The van der Waals surface area contributed by atoms with E-state index in [0.717, 1.165) is 6.42 Å². The molecule has 1 heterocycles. The summed E-state index contributed by atoms with van der Waals surface area (Å²) in [7, 11) is 0. The Morgan fingerprint density at radius 1 is 1.33 bits per heavy atom. The Labute approximate surface area is 116 Å². The van der Waals surface area contributed by atoms with Crippen molar-refractivity contribution in [3.63, 3.8) is 0 Å². The van der Waals surface area contributed by atoms with E-state index in [1.165, 1.54) is 23.5 Å². The highest BCUT2D eigenvalue weighted by Crippen LogP contribution is 2.34. The fourth-order valence-corrected chi connectivity index (χ4v) is 4.08. The molecule has 18 heavy (non-hydrogen) atoms. The van der Waals surface area contributed by atoms with E-state index in [1.54, 1.807) is 0 Å². The molecule has 1 N–H and O–H groups in total. The molecule has 0 spiro atoms. The lowest BCUT2D eigenvalue weighted by Gasteiger charge is -2.37. The average molecular weight is 263 g/mol. The largest absolute Gasteiger partial charge is 0.306 e. The minimum Gasteiger partial charge on any atom is -0.306 e. The molecule has 2 unspecified atom stereocenters. The topological polar surface area (TPSA) is 12.0 Å². The van der Waals surface area contributed by atoms with Crippen molar-refractivity contribution in [3.05, 3.63) is 35.9 Å². The Bertz CT molecular complexity index is 361. The van der Waals surface area contributed by atoms with E-state index < -0.39 is 0 Å². The van der Waals surface area contributed by atoms with Crippen LogP contribution in [-0.2, 0) is 0 Å². The Kier molecular flexibility index (Phi) is 4.74. The standard InChI is InChI=1S/C16H25NS/c1-4-15(13-8-6-5-7-9-13)17-14-10-16(2,3)12-18-11-14/h5-9,14-15,17H,4,10-12H2,1-3H3. The second-order valence-corrected chi connectivity index (χ2v) is 7.15. The van der Waals surface area contributed by atoms with Crippen LogP contribution >= 0.6 is 11.8 Å². The first-order chi connectivity index (χ1) is 8.61. The van der Waals surface area contributed by atoms with E-state index in [4.69, 9.17) is 0 Å². The molecule has 0 amide bonds. The molecule has 1 saturated heterocycles. The van der Waals surface area contributed by atoms with Gasteiger partial charge in [0, 0.05) is 17.8 Å². The molecule has 100 valence electrons. The molecular weight excluding hydrogens is 238 g/mol. The van der Waals surface area contributed by atoms with E-state index in [0.29, 0.717) is 17.5 Å². The highest BCUT2D eigenvalue weighted by atomic mass is 32.2. The maximum Gasteiger partial charge on any atom is 0.0320 e. The van der Waals surface area contributed by atoms with E-state index in [9.17, 15) is 0 Å². The molecule has 0 aliphatic carbocycles. The highest BCUT2D eigenvalue weighted by Gasteiger charge is 2.29. The number of rotatable bonds is 4. The van der Waals surface area contributed by atoms with Gasteiger partial charge in [0.15, 0.2) is 0 Å². The molecule has 2 rings (SSSR count). The van der Waals surface area contributed by atoms with Crippen LogP contribution < -0.4 is 5.32 Å². The van der Waals surface area contributed by atoms with Crippen molar-refractivity contribution in [1.29, 1.82) is 0 Å². The summed E-state index contributed by atoms with van der Waals surface area (Å²) in [5.41, 5.74) is 1.91. The van der Waals surface area contributed by atoms with Crippen LogP contribution in [0, 0.1) is 5.41 Å². The summed E-state index contributed by atoms with van der Waals surface area (Å²) in [4.78, 5) is 0. The van der Waals surface area contributed by atoms with Gasteiger partial charge >= 0.3 is 0 Å². The quantitative estimate of drug-likeness (QED) is 0.871. The summed E-state index contributed by atoms with van der Waals surface area (Å²) < 4.78 is 0. The predicted octanol–water partition coefficient (Wildman–Crippen LogP) is 4.26. The van der Waals surface area contributed by atoms with Crippen molar-refractivity contribution >= 4 is 11.8 Å². The van der Waals surface area contributed by atoms with Crippen LogP contribution in [0.4, 0.5) is 0 Å². The van der Waals surface area contributed by atoms with Crippen LogP contribution in [0.1, 0.15) is 45.2 Å². The van der Waals surface area contributed by atoms with Crippen molar-refractivity contribution in [1.82, 2.24) is 5.32 Å². The Morgan fingerprint density at radius 2 is 2.06 bits per heavy atom. The second kappa shape index (κ2) is 6.12. The molecule has 0 radical (unpaired) electrons. The molecule has 2 heteroatoms. The maximum absolute atomic E-state index is 3.86. The SMILES string of the molecule is CCC(NC1CSCC(C)(C)C1)c1ccccc1. The lowest BCUT2D eigenvalue weighted by Crippen LogP contribution is -2.41. The Hall–Kier alpha value is -0.470. The van der Waals surface area contributed by atoms with Crippen molar-refractivity contribution in [2.24, 2.45) is 5.41 Å². The molecule has 0 aromatic heterocycles.